The molecule has 0 fully saturated rings. The molecule has 118 valence electrons. The lowest BCUT2D eigenvalue weighted by Gasteiger charge is -2.20. The highest BCUT2D eigenvalue weighted by molar-refractivity contribution is 5.39. The van der Waals surface area contributed by atoms with Crippen LogP contribution in [-0.2, 0) is 0 Å². The van der Waals surface area contributed by atoms with Crippen molar-refractivity contribution < 1.29 is 10.2 Å². The molecular formula is C16H17N5O2. The van der Waals surface area contributed by atoms with Gasteiger partial charge in [0.1, 0.15) is 5.75 Å². The van der Waals surface area contributed by atoms with Crippen LogP contribution in [0, 0.1) is 0 Å². The monoisotopic (exact) mass is 311 g/mol. The number of aliphatic hydroxyl groups excluding tert-OH is 1. The smallest absolute Gasteiger partial charge is 0.248 e. The van der Waals surface area contributed by atoms with E-state index in [1.807, 2.05) is 37.3 Å². The summed E-state index contributed by atoms with van der Waals surface area (Å²) in [6.45, 7) is 1.83. The summed E-state index contributed by atoms with van der Waals surface area (Å²) in [7, 11) is 0. The summed E-state index contributed by atoms with van der Waals surface area (Å²) in [6, 6.07) is 15.6. The van der Waals surface area contributed by atoms with E-state index in [1.54, 1.807) is 28.9 Å². The number of rotatable bonds is 5. The first kappa shape index (κ1) is 15.0. The van der Waals surface area contributed by atoms with Gasteiger partial charge in [0, 0.05) is 0 Å². The first-order chi connectivity index (χ1) is 11.1. The fraction of sp³-hybridized carbons (Fsp3) is 0.188. The van der Waals surface area contributed by atoms with Crippen LogP contribution in [0.15, 0.2) is 54.6 Å². The molecule has 7 nitrogen and oxygen atoms in total. The third kappa shape index (κ3) is 3.29. The number of hydrogen-bond donors (Lipinski definition) is 3. The molecule has 0 saturated carbocycles. The predicted molar refractivity (Wildman–Crippen MR) is 85.3 cm³/mol. The molecule has 0 saturated heterocycles. The van der Waals surface area contributed by atoms with Crippen LogP contribution in [0.5, 0.6) is 5.75 Å². The topological polar surface area (TPSA) is 96.1 Å². The van der Waals surface area contributed by atoms with Gasteiger partial charge >= 0.3 is 0 Å². The molecule has 7 heteroatoms. The van der Waals surface area contributed by atoms with Crippen LogP contribution in [0.1, 0.15) is 18.6 Å². The lowest BCUT2D eigenvalue weighted by Crippen LogP contribution is -2.25. The van der Waals surface area contributed by atoms with E-state index in [4.69, 9.17) is 0 Å². The Morgan fingerprint density at radius 3 is 2.43 bits per heavy atom. The maximum atomic E-state index is 10.4. The number of benzene rings is 2. The number of phenols is 1. The van der Waals surface area contributed by atoms with E-state index in [-0.39, 0.29) is 11.8 Å². The first-order valence-corrected chi connectivity index (χ1v) is 7.22. The van der Waals surface area contributed by atoms with Crippen molar-refractivity contribution in [1.82, 2.24) is 20.2 Å². The fourth-order valence-electron chi connectivity index (χ4n) is 2.26. The second-order valence-electron chi connectivity index (χ2n) is 5.22. The minimum absolute atomic E-state index is 0.162. The molecule has 1 heterocycles. The molecule has 2 atom stereocenters. The van der Waals surface area contributed by atoms with Gasteiger partial charge in [0.05, 0.1) is 17.8 Å². The minimum Gasteiger partial charge on any atom is -0.508 e. The van der Waals surface area contributed by atoms with Gasteiger partial charge in [-0.2, -0.15) is 4.68 Å². The van der Waals surface area contributed by atoms with Crippen LogP contribution in [0.3, 0.4) is 0 Å². The van der Waals surface area contributed by atoms with Crippen LogP contribution < -0.4 is 5.32 Å². The summed E-state index contributed by atoms with van der Waals surface area (Å²) in [6.07, 6.45) is -0.767. The van der Waals surface area contributed by atoms with Crippen molar-refractivity contribution >= 4 is 5.95 Å². The molecule has 3 aromatic rings. The van der Waals surface area contributed by atoms with E-state index >= 15 is 0 Å². The molecule has 0 spiro atoms. The van der Waals surface area contributed by atoms with Crippen molar-refractivity contribution in [3.05, 3.63) is 60.2 Å². The van der Waals surface area contributed by atoms with Crippen molar-refractivity contribution in [2.45, 2.75) is 19.1 Å². The molecule has 0 aliphatic carbocycles. The Hall–Kier alpha value is -2.93. The number of aromatic nitrogens is 4. The van der Waals surface area contributed by atoms with Gasteiger partial charge in [-0.15, -0.1) is 0 Å². The lowest BCUT2D eigenvalue weighted by atomic mass is 10.0. The van der Waals surface area contributed by atoms with Crippen molar-refractivity contribution in [1.29, 1.82) is 0 Å². The van der Waals surface area contributed by atoms with Gasteiger partial charge in [-0.3, -0.25) is 0 Å². The van der Waals surface area contributed by atoms with Gasteiger partial charge in [-0.05, 0) is 47.2 Å². The zero-order valence-corrected chi connectivity index (χ0v) is 12.5. The van der Waals surface area contributed by atoms with Crippen molar-refractivity contribution in [3.63, 3.8) is 0 Å². The highest BCUT2D eigenvalue weighted by Crippen LogP contribution is 2.22. The standard InChI is InChI=1S/C16H17N5O2/c1-11(15(23)12-7-9-14(22)10-8-12)17-16-18-19-20-21(16)13-5-3-2-4-6-13/h2-11,15,22-23H,1H3,(H,17,18,20)/t11-,15+/m0/s1. The Labute approximate surface area is 133 Å². The number of phenolic OH excluding ortho intramolecular Hbond substituents is 1. The van der Waals surface area contributed by atoms with Crippen LogP contribution in [0.4, 0.5) is 5.95 Å². The van der Waals surface area contributed by atoms with Gasteiger partial charge in [-0.1, -0.05) is 35.4 Å². The van der Waals surface area contributed by atoms with Gasteiger partial charge in [-0.25, -0.2) is 0 Å². The van der Waals surface area contributed by atoms with Gasteiger partial charge < -0.3 is 15.5 Å². The Morgan fingerprint density at radius 1 is 1.04 bits per heavy atom. The average molecular weight is 311 g/mol. The number of anilines is 1. The molecule has 0 bridgehead atoms. The van der Waals surface area contributed by atoms with E-state index in [1.165, 1.54) is 0 Å². The highest BCUT2D eigenvalue weighted by atomic mass is 16.3. The maximum Gasteiger partial charge on any atom is 0.248 e. The lowest BCUT2D eigenvalue weighted by molar-refractivity contribution is 0.160. The third-order valence-electron chi connectivity index (χ3n) is 3.54. The van der Waals surface area contributed by atoms with E-state index < -0.39 is 6.10 Å². The minimum atomic E-state index is -0.767. The molecule has 0 aliphatic rings. The normalized spacial score (nSPS) is 13.5. The van der Waals surface area contributed by atoms with E-state index in [0.29, 0.717) is 11.5 Å². The molecule has 3 rings (SSSR count). The first-order valence-electron chi connectivity index (χ1n) is 7.22. The van der Waals surface area contributed by atoms with Crippen molar-refractivity contribution in [3.8, 4) is 11.4 Å². The Morgan fingerprint density at radius 2 is 1.74 bits per heavy atom. The van der Waals surface area contributed by atoms with Crippen LogP contribution in [0.25, 0.3) is 5.69 Å². The van der Waals surface area contributed by atoms with Gasteiger partial charge in [0.25, 0.3) is 0 Å². The fourth-order valence-corrected chi connectivity index (χ4v) is 2.26. The number of nitrogens with one attached hydrogen (secondary N) is 1. The predicted octanol–water partition coefficient (Wildman–Crippen LogP) is 1.90. The molecule has 0 aliphatic heterocycles. The molecule has 3 N–H and O–H groups in total. The highest BCUT2D eigenvalue weighted by Gasteiger charge is 2.19. The average Bonchev–Trinajstić information content (AvgIpc) is 3.04. The number of aliphatic hydroxyl groups is 1. The summed E-state index contributed by atoms with van der Waals surface area (Å²) in [4.78, 5) is 0. The summed E-state index contributed by atoms with van der Waals surface area (Å²) >= 11 is 0. The van der Waals surface area contributed by atoms with Crippen molar-refractivity contribution in [2.24, 2.45) is 0 Å². The summed E-state index contributed by atoms with van der Waals surface area (Å²) in [5.41, 5.74) is 1.52. The van der Waals surface area contributed by atoms with Crippen LogP contribution in [0.2, 0.25) is 0 Å². The quantitative estimate of drug-likeness (QED) is 0.666. The second kappa shape index (κ2) is 6.45. The Bertz CT molecular complexity index is 758. The Kier molecular flexibility index (Phi) is 4.20. The molecule has 0 amide bonds. The van der Waals surface area contributed by atoms with Crippen molar-refractivity contribution in [2.75, 3.05) is 5.32 Å². The SMILES string of the molecule is C[C@H](Nc1nnnn1-c1ccccc1)[C@@H](O)c1ccc(O)cc1. The number of aromatic hydroxyl groups is 1. The van der Waals surface area contributed by atoms with Gasteiger partial charge in [0.15, 0.2) is 0 Å². The molecule has 1 aromatic heterocycles. The summed E-state index contributed by atoms with van der Waals surface area (Å²) in [5, 5.41) is 34.5. The van der Waals surface area contributed by atoms with Crippen LogP contribution >= 0.6 is 0 Å². The largest absolute Gasteiger partial charge is 0.508 e. The number of hydrogen-bond acceptors (Lipinski definition) is 6. The zero-order chi connectivity index (χ0) is 16.2. The Balaban J connectivity index is 1.77. The molecular weight excluding hydrogens is 294 g/mol. The van der Waals surface area contributed by atoms with Crippen LogP contribution in [-0.4, -0.2) is 36.5 Å². The number of para-hydroxylation sites is 1. The van der Waals surface area contributed by atoms with E-state index in [0.717, 1.165) is 5.69 Å². The molecule has 0 unspecified atom stereocenters. The number of tetrazole rings is 1. The third-order valence-corrected chi connectivity index (χ3v) is 3.54. The zero-order valence-electron chi connectivity index (χ0n) is 12.5. The second-order valence-corrected chi connectivity index (χ2v) is 5.22. The van der Waals surface area contributed by atoms with E-state index in [2.05, 4.69) is 20.8 Å². The molecule has 0 radical (unpaired) electrons. The summed E-state index contributed by atoms with van der Waals surface area (Å²) in [5.74, 6) is 0.608. The molecule has 2 aromatic carbocycles. The summed E-state index contributed by atoms with van der Waals surface area (Å²) < 4.78 is 1.57. The maximum absolute atomic E-state index is 10.4. The number of nitrogens with zero attached hydrogens (tertiary/aromatic N) is 4. The molecule has 23 heavy (non-hydrogen) atoms. The van der Waals surface area contributed by atoms with Gasteiger partial charge in [0.2, 0.25) is 5.95 Å². The van der Waals surface area contributed by atoms with E-state index in [9.17, 15) is 10.2 Å².